The number of nitrogens with one attached hydrogen (secondary N) is 1. The maximum atomic E-state index is 10.9. The van der Waals surface area contributed by atoms with Crippen molar-refractivity contribution in [1.82, 2.24) is 10.2 Å². The zero-order valence-electron chi connectivity index (χ0n) is 9.01. The van der Waals surface area contributed by atoms with Gasteiger partial charge in [-0.25, -0.2) is 4.79 Å². The van der Waals surface area contributed by atoms with Crippen LogP contribution >= 0.6 is 0 Å². The van der Waals surface area contributed by atoms with E-state index in [2.05, 4.69) is 5.32 Å². The van der Waals surface area contributed by atoms with Gasteiger partial charge in [-0.05, 0) is 6.92 Å². The van der Waals surface area contributed by atoms with Crippen molar-refractivity contribution in [3.05, 3.63) is 0 Å². The third-order valence-corrected chi connectivity index (χ3v) is 2.61. The van der Waals surface area contributed by atoms with Gasteiger partial charge in [-0.3, -0.25) is 9.69 Å². The molecule has 0 saturated carbocycles. The number of aliphatic carboxylic acids is 2. The summed E-state index contributed by atoms with van der Waals surface area (Å²) in [5.74, 6) is -2.37. The average molecular weight is 232 g/mol. The Kier molecular flexibility index (Phi) is 3.84. The quantitative estimate of drug-likeness (QED) is 0.451. The van der Waals surface area contributed by atoms with Crippen molar-refractivity contribution >= 4 is 11.9 Å². The summed E-state index contributed by atoms with van der Waals surface area (Å²) in [6.45, 7) is 2.21. The molecule has 0 aliphatic carbocycles. The second kappa shape index (κ2) is 4.77. The molecule has 1 saturated heterocycles. The van der Waals surface area contributed by atoms with Crippen LogP contribution in [-0.2, 0) is 9.59 Å². The van der Waals surface area contributed by atoms with E-state index in [1.165, 1.54) is 4.90 Å². The molecule has 2 atom stereocenters. The van der Waals surface area contributed by atoms with Crippen LogP contribution in [0.15, 0.2) is 0 Å². The standard InChI is InChI=1S/C9H16N2O5/c1-9(16,8(14)15)5-11-3-2-10-4-6(11)7(12)13/h6,10,16H,2-5H2,1H3,(H,12,13)(H,14,15). The Labute approximate surface area is 92.7 Å². The average Bonchev–Trinajstić information content (AvgIpc) is 2.17. The summed E-state index contributed by atoms with van der Waals surface area (Å²) in [6.07, 6.45) is 0. The van der Waals surface area contributed by atoms with Crippen molar-refractivity contribution in [1.29, 1.82) is 0 Å². The van der Waals surface area contributed by atoms with E-state index >= 15 is 0 Å². The highest BCUT2D eigenvalue weighted by atomic mass is 16.4. The van der Waals surface area contributed by atoms with Crippen molar-refractivity contribution in [2.45, 2.75) is 18.6 Å². The van der Waals surface area contributed by atoms with Crippen LogP contribution in [0.1, 0.15) is 6.92 Å². The minimum absolute atomic E-state index is 0.193. The third-order valence-electron chi connectivity index (χ3n) is 2.61. The van der Waals surface area contributed by atoms with Gasteiger partial charge in [0.25, 0.3) is 0 Å². The summed E-state index contributed by atoms with van der Waals surface area (Å²) in [5.41, 5.74) is -1.93. The smallest absolute Gasteiger partial charge is 0.336 e. The summed E-state index contributed by atoms with van der Waals surface area (Å²) in [6, 6.07) is -0.792. The van der Waals surface area contributed by atoms with E-state index in [-0.39, 0.29) is 13.1 Å². The van der Waals surface area contributed by atoms with E-state index in [0.717, 1.165) is 6.92 Å². The van der Waals surface area contributed by atoms with Gasteiger partial charge in [-0.1, -0.05) is 0 Å². The number of β-amino-alcohol motifs (C(OH)–C–C–N with tert-alkyl or cyclic N) is 1. The summed E-state index contributed by atoms with van der Waals surface area (Å²) >= 11 is 0. The molecule has 16 heavy (non-hydrogen) atoms. The Bertz CT molecular complexity index is 292. The number of carbonyl (C=O) groups is 2. The van der Waals surface area contributed by atoms with Crippen LogP contribution in [0.3, 0.4) is 0 Å². The van der Waals surface area contributed by atoms with E-state index in [0.29, 0.717) is 13.1 Å². The van der Waals surface area contributed by atoms with Gasteiger partial charge < -0.3 is 20.6 Å². The summed E-state index contributed by atoms with van der Waals surface area (Å²) in [7, 11) is 0. The topological polar surface area (TPSA) is 110 Å². The highest BCUT2D eigenvalue weighted by Gasteiger charge is 2.37. The van der Waals surface area contributed by atoms with Gasteiger partial charge in [0.1, 0.15) is 6.04 Å². The molecule has 0 amide bonds. The molecule has 1 aliphatic heterocycles. The second-order valence-electron chi connectivity index (χ2n) is 4.11. The summed E-state index contributed by atoms with van der Waals surface area (Å²) in [5, 5.41) is 30.2. The molecule has 0 aromatic carbocycles. The third kappa shape index (κ3) is 2.91. The minimum Gasteiger partial charge on any atom is -0.480 e. The van der Waals surface area contributed by atoms with Gasteiger partial charge in [-0.2, -0.15) is 0 Å². The number of carboxylic acid groups (broad SMARTS) is 2. The molecule has 1 fully saturated rings. The fourth-order valence-electron chi connectivity index (χ4n) is 1.64. The second-order valence-corrected chi connectivity index (χ2v) is 4.11. The number of rotatable bonds is 4. The lowest BCUT2D eigenvalue weighted by Crippen LogP contribution is -2.59. The SMILES string of the molecule is CC(O)(CN1CCNCC1C(=O)O)C(=O)O. The van der Waals surface area contributed by atoms with Gasteiger partial charge in [0.15, 0.2) is 5.60 Å². The van der Waals surface area contributed by atoms with Gasteiger partial charge in [0, 0.05) is 26.2 Å². The molecule has 2 unspecified atom stereocenters. The molecular formula is C9H16N2O5. The fourth-order valence-corrected chi connectivity index (χ4v) is 1.64. The summed E-state index contributed by atoms with van der Waals surface area (Å²) < 4.78 is 0. The van der Waals surface area contributed by atoms with Crippen LogP contribution in [0.2, 0.25) is 0 Å². The summed E-state index contributed by atoms with van der Waals surface area (Å²) in [4.78, 5) is 23.1. The van der Waals surface area contributed by atoms with E-state index in [1.807, 2.05) is 0 Å². The van der Waals surface area contributed by atoms with Crippen molar-refractivity contribution in [2.24, 2.45) is 0 Å². The van der Waals surface area contributed by atoms with Crippen molar-refractivity contribution in [3.8, 4) is 0 Å². The monoisotopic (exact) mass is 232 g/mol. The maximum absolute atomic E-state index is 10.9. The molecule has 0 aromatic heterocycles. The lowest BCUT2D eigenvalue weighted by atomic mass is 10.0. The van der Waals surface area contributed by atoms with E-state index in [4.69, 9.17) is 10.2 Å². The maximum Gasteiger partial charge on any atom is 0.336 e. The molecule has 0 spiro atoms. The number of nitrogens with zero attached hydrogens (tertiary/aromatic N) is 1. The van der Waals surface area contributed by atoms with Crippen LogP contribution in [0, 0.1) is 0 Å². The molecule has 4 N–H and O–H groups in total. The first-order valence-corrected chi connectivity index (χ1v) is 4.98. The van der Waals surface area contributed by atoms with Crippen LogP contribution in [0.25, 0.3) is 0 Å². The molecule has 1 heterocycles. The van der Waals surface area contributed by atoms with Crippen LogP contribution in [-0.4, -0.2) is 70.0 Å². The normalized spacial score (nSPS) is 26.0. The van der Waals surface area contributed by atoms with Gasteiger partial charge in [-0.15, -0.1) is 0 Å². The molecule has 7 nitrogen and oxygen atoms in total. The Balaban J connectivity index is 2.70. The van der Waals surface area contributed by atoms with Gasteiger partial charge >= 0.3 is 11.9 Å². The number of piperazine rings is 1. The Morgan fingerprint density at radius 1 is 1.50 bits per heavy atom. The van der Waals surface area contributed by atoms with E-state index in [1.54, 1.807) is 0 Å². The number of carboxylic acids is 2. The molecule has 92 valence electrons. The molecule has 0 radical (unpaired) electrons. The minimum atomic E-state index is -1.93. The highest BCUT2D eigenvalue weighted by Crippen LogP contribution is 2.11. The molecule has 0 aromatic rings. The molecule has 0 bridgehead atoms. The Hall–Kier alpha value is -1.18. The Morgan fingerprint density at radius 2 is 2.12 bits per heavy atom. The van der Waals surface area contributed by atoms with Crippen molar-refractivity contribution in [3.63, 3.8) is 0 Å². The van der Waals surface area contributed by atoms with Gasteiger partial charge in [0.05, 0.1) is 0 Å². The zero-order valence-corrected chi connectivity index (χ0v) is 9.01. The molecule has 7 heteroatoms. The molecule has 1 rings (SSSR count). The van der Waals surface area contributed by atoms with Crippen molar-refractivity contribution < 1.29 is 24.9 Å². The highest BCUT2D eigenvalue weighted by molar-refractivity contribution is 5.77. The van der Waals surface area contributed by atoms with Gasteiger partial charge in [0.2, 0.25) is 0 Å². The molecular weight excluding hydrogens is 216 g/mol. The van der Waals surface area contributed by atoms with Crippen LogP contribution < -0.4 is 5.32 Å². The first-order valence-electron chi connectivity index (χ1n) is 4.98. The zero-order chi connectivity index (χ0) is 12.3. The Morgan fingerprint density at radius 3 is 2.62 bits per heavy atom. The fraction of sp³-hybridized carbons (Fsp3) is 0.778. The predicted octanol–water partition coefficient (Wildman–Crippen LogP) is -1.82. The van der Waals surface area contributed by atoms with E-state index in [9.17, 15) is 14.7 Å². The first-order chi connectivity index (χ1) is 7.34. The number of hydrogen-bond acceptors (Lipinski definition) is 5. The van der Waals surface area contributed by atoms with Crippen LogP contribution in [0.4, 0.5) is 0 Å². The lowest BCUT2D eigenvalue weighted by molar-refractivity contribution is -0.161. The lowest BCUT2D eigenvalue weighted by Gasteiger charge is -2.36. The van der Waals surface area contributed by atoms with E-state index < -0.39 is 23.6 Å². The first kappa shape index (κ1) is 12.9. The predicted molar refractivity (Wildman–Crippen MR) is 54.1 cm³/mol. The largest absolute Gasteiger partial charge is 0.480 e. The number of aliphatic hydroxyl groups is 1. The molecule has 1 aliphatic rings. The van der Waals surface area contributed by atoms with Crippen molar-refractivity contribution in [2.75, 3.05) is 26.2 Å². The van der Waals surface area contributed by atoms with Crippen LogP contribution in [0.5, 0.6) is 0 Å². The number of hydrogen-bond donors (Lipinski definition) is 4.